The van der Waals surface area contributed by atoms with Gasteiger partial charge < -0.3 is 10.1 Å². The first-order chi connectivity index (χ1) is 10.8. The van der Waals surface area contributed by atoms with Gasteiger partial charge in [-0.25, -0.2) is 9.97 Å². The van der Waals surface area contributed by atoms with E-state index in [1.165, 1.54) is 36.0 Å². The minimum atomic E-state index is -0.102. The molecule has 0 aliphatic heterocycles. The number of amides is 1. The van der Waals surface area contributed by atoms with E-state index in [0.717, 1.165) is 29.5 Å². The van der Waals surface area contributed by atoms with E-state index in [9.17, 15) is 4.79 Å². The van der Waals surface area contributed by atoms with Crippen LogP contribution in [0.4, 0.5) is 0 Å². The summed E-state index contributed by atoms with van der Waals surface area (Å²) in [6, 6.07) is 0. The Hall–Kier alpha value is -1.69. The summed E-state index contributed by atoms with van der Waals surface area (Å²) < 4.78 is 5.69. The van der Waals surface area contributed by atoms with Crippen LogP contribution in [0.15, 0.2) is 6.33 Å². The van der Waals surface area contributed by atoms with Crippen molar-refractivity contribution >= 4 is 27.5 Å². The summed E-state index contributed by atoms with van der Waals surface area (Å²) in [5, 5.41) is 3.83. The van der Waals surface area contributed by atoms with E-state index in [1.807, 2.05) is 6.92 Å². The maximum Gasteiger partial charge on any atom is 0.258 e. The predicted octanol–water partition coefficient (Wildman–Crippen LogP) is 2.87. The van der Waals surface area contributed by atoms with Crippen molar-refractivity contribution in [2.24, 2.45) is 0 Å². The normalized spacial score (nSPS) is 14.4. The largest absolute Gasteiger partial charge is 0.467 e. The third-order valence-electron chi connectivity index (χ3n) is 3.88. The van der Waals surface area contributed by atoms with Crippen LogP contribution in [0.3, 0.4) is 0 Å². The summed E-state index contributed by atoms with van der Waals surface area (Å²) in [5.74, 6) is 0.450. The van der Waals surface area contributed by atoms with Crippen molar-refractivity contribution in [2.75, 3.05) is 13.2 Å². The number of rotatable bonds is 5. The van der Waals surface area contributed by atoms with E-state index in [4.69, 9.17) is 4.74 Å². The topological polar surface area (TPSA) is 64.1 Å². The van der Waals surface area contributed by atoms with Gasteiger partial charge in [0.25, 0.3) is 5.91 Å². The number of hydrogen-bond donors (Lipinski definition) is 1. The molecule has 0 unspecified atom stereocenters. The summed E-state index contributed by atoms with van der Waals surface area (Å²) in [4.78, 5) is 22.7. The summed E-state index contributed by atoms with van der Waals surface area (Å²) in [6.07, 6.45) is 8.33. The van der Waals surface area contributed by atoms with Crippen LogP contribution in [0.25, 0.3) is 10.2 Å². The van der Waals surface area contributed by atoms with Gasteiger partial charge in [0.05, 0.1) is 5.39 Å². The Morgan fingerprint density at radius 3 is 3.05 bits per heavy atom. The molecule has 0 atom stereocenters. The van der Waals surface area contributed by atoms with Crippen LogP contribution in [0.1, 0.15) is 43.0 Å². The molecule has 22 heavy (non-hydrogen) atoms. The molecule has 1 amide bonds. The van der Waals surface area contributed by atoms with Gasteiger partial charge in [-0.05, 0) is 37.7 Å². The van der Waals surface area contributed by atoms with Crippen molar-refractivity contribution in [1.29, 1.82) is 0 Å². The SMILES string of the molecule is CCCNC(=O)COc1ncnc2sc3c(c12)CCCCC3. The highest BCUT2D eigenvalue weighted by Gasteiger charge is 2.20. The first-order valence-corrected chi connectivity index (χ1v) is 8.76. The monoisotopic (exact) mass is 319 g/mol. The molecule has 0 bridgehead atoms. The van der Waals surface area contributed by atoms with Gasteiger partial charge in [-0.1, -0.05) is 13.3 Å². The maximum atomic E-state index is 11.7. The van der Waals surface area contributed by atoms with Gasteiger partial charge in [0.2, 0.25) is 5.88 Å². The third-order valence-corrected chi connectivity index (χ3v) is 5.08. The molecule has 0 radical (unpaired) electrons. The lowest BCUT2D eigenvalue weighted by atomic mass is 10.1. The second-order valence-corrected chi connectivity index (χ2v) is 6.65. The summed E-state index contributed by atoms with van der Waals surface area (Å²) >= 11 is 1.74. The number of nitrogens with zero attached hydrogens (tertiary/aromatic N) is 2. The number of nitrogens with one attached hydrogen (secondary N) is 1. The van der Waals surface area contributed by atoms with Crippen LogP contribution >= 0.6 is 11.3 Å². The highest BCUT2D eigenvalue weighted by Crippen LogP contribution is 2.38. The van der Waals surface area contributed by atoms with E-state index < -0.39 is 0 Å². The fourth-order valence-electron chi connectivity index (χ4n) is 2.80. The molecule has 118 valence electrons. The Morgan fingerprint density at radius 2 is 2.18 bits per heavy atom. The number of ether oxygens (including phenoxy) is 1. The molecule has 1 aliphatic rings. The number of thiophene rings is 1. The fraction of sp³-hybridized carbons (Fsp3) is 0.562. The van der Waals surface area contributed by atoms with E-state index in [0.29, 0.717) is 12.4 Å². The zero-order valence-electron chi connectivity index (χ0n) is 12.9. The van der Waals surface area contributed by atoms with Crippen molar-refractivity contribution in [3.8, 4) is 5.88 Å². The molecule has 0 aromatic carbocycles. The molecule has 3 rings (SSSR count). The van der Waals surface area contributed by atoms with Gasteiger partial charge in [-0.2, -0.15) is 0 Å². The Balaban J connectivity index is 1.83. The Morgan fingerprint density at radius 1 is 1.32 bits per heavy atom. The third kappa shape index (κ3) is 3.21. The smallest absolute Gasteiger partial charge is 0.258 e. The molecule has 1 aliphatic carbocycles. The predicted molar refractivity (Wildman–Crippen MR) is 87.5 cm³/mol. The molecular formula is C16H21N3O2S. The van der Waals surface area contributed by atoms with E-state index in [2.05, 4.69) is 15.3 Å². The van der Waals surface area contributed by atoms with Crippen LogP contribution in [-0.4, -0.2) is 29.0 Å². The minimum absolute atomic E-state index is 0.0106. The van der Waals surface area contributed by atoms with Crippen molar-refractivity contribution < 1.29 is 9.53 Å². The van der Waals surface area contributed by atoms with Gasteiger partial charge in [0, 0.05) is 11.4 Å². The van der Waals surface area contributed by atoms with Crippen molar-refractivity contribution in [1.82, 2.24) is 15.3 Å². The second kappa shape index (κ2) is 7.05. The first-order valence-electron chi connectivity index (χ1n) is 7.94. The molecule has 6 heteroatoms. The van der Waals surface area contributed by atoms with Crippen molar-refractivity contribution in [3.05, 3.63) is 16.8 Å². The molecule has 0 saturated carbocycles. The Labute approximate surface area is 134 Å². The highest BCUT2D eigenvalue weighted by atomic mass is 32.1. The molecular weight excluding hydrogens is 298 g/mol. The van der Waals surface area contributed by atoms with Gasteiger partial charge in [0.15, 0.2) is 6.61 Å². The summed E-state index contributed by atoms with van der Waals surface area (Å²) in [7, 11) is 0. The zero-order valence-corrected chi connectivity index (χ0v) is 13.7. The molecule has 2 heterocycles. The molecule has 0 spiro atoms. The van der Waals surface area contributed by atoms with Gasteiger partial charge in [0.1, 0.15) is 11.2 Å². The molecule has 0 saturated heterocycles. The maximum absolute atomic E-state index is 11.7. The van der Waals surface area contributed by atoms with E-state index in [1.54, 1.807) is 11.3 Å². The number of hydrogen-bond acceptors (Lipinski definition) is 5. The number of carbonyl (C=O) groups is 1. The van der Waals surface area contributed by atoms with E-state index in [-0.39, 0.29) is 12.5 Å². The number of carbonyl (C=O) groups excluding carboxylic acids is 1. The molecule has 2 aromatic rings. The average molecular weight is 319 g/mol. The number of aromatic nitrogens is 2. The first kappa shape index (κ1) is 15.2. The minimum Gasteiger partial charge on any atom is -0.467 e. The lowest BCUT2D eigenvalue weighted by molar-refractivity contribution is -0.123. The van der Waals surface area contributed by atoms with Crippen molar-refractivity contribution in [2.45, 2.75) is 45.4 Å². The van der Waals surface area contributed by atoms with Gasteiger partial charge in [-0.15, -0.1) is 11.3 Å². The van der Waals surface area contributed by atoms with Crippen LogP contribution in [0, 0.1) is 0 Å². The van der Waals surface area contributed by atoms with Crippen LogP contribution in [-0.2, 0) is 17.6 Å². The lowest BCUT2D eigenvalue weighted by Gasteiger charge is -2.08. The summed E-state index contributed by atoms with van der Waals surface area (Å²) in [5.41, 5.74) is 1.34. The fourth-order valence-corrected chi connectivity index (χ4v) is 4.02. The number of aryl methyl sites for hydroxylation is 2. The molecule has 2 aromatic heterocycles. The number of fused-ring (bicyclic) bond motifs is 3. The highest BCUT2D eigenvalue weighted by molar-refractivity contribution is 7.18. The van der Waals surface area contributed by atoms with Crippen LogP contribution in [0.5, 0.6) is 5.88 Å². The van der Waals surface area contributed by atoms with Crippen molar-refractivity contribution in [3.63, 3.8) is 0 Å². The van der Waals surface area contributed by atoms with Gasteiger partial charge >= 0.3 is 0 Å². The Kier molecular flexibility index (Phi) is 4.87. The van der Waals surface area contributed by atoms with Gasteiger partial charge in [-0.3, -0.25) is 4.79 Å². The molecule has 1 N–H and O–H groups in total. The molecule has 5 nitrogen and oxygen atoms in total. The van der Waals surface area contributed by atoms with Crippen LogP contribution < -0.4 is 10.1 Å². The standard InChI is InChI=1S/C16H21N3O2S/c1-2-8-17-13(20)9-21-15-14-11-6-4-3-5-7-12(11)22-16(14)19-10-18-15/h10H,2-9H2,1H3,(H,17,20). The quantitative estimate of drug-likeness (QED) is 0.861. The zero-order chi connectivity index (χ0) is 15.4. The average Bonchev–Trinajstić information content (AvgIpc) is 2.73. The van der Waals surface area contributed by atoms with Crippen LogP contribution in [0.2, 0.25) is 0 Å². The Bertz CT molecular complexity index is 669. The summed E-state index contributed by atoms with van der Waals surface area (Å²) in [6.45, 7) is 2.71. The lowest BCUT2D eigenvalue weighted by Crippen LogP contribution is -2.29. The molecule has 0 fully saturated rings. The second-order valence-electron chi connectivity index (χ2n) is 5.56. The van der Waals surface area contributed by atoms with E-state index >= 15 is 0 Å².